The van der Waals surface area contributed by atoms with Gasteiger partial charge in [-0.1, -0.05) is 0 Å². The first-order valence-corrected chi connectivity index (χ1v) is 8.33. The number of nitrogens with zero attached hydrogens (tertiary/aromatic N) is 2. The van der Waals surface area contributed by atoms with E-state index in [4.69, 9.17) is 14.7 Å². The lowest BCUT2D eigenvalue weighted by Crippen LogP contribution is -2.35. The number of amides is 1. The summed E-state index contributed by atoms with van der Waals surface area (Å²) in [6, 6.07) is 10.9. The molecule has 150 valence electrons. The number of hydrogen-bond donors (Lipinski definition) is 1. The standard InChI is InChI=1S/C19H16FN3O6/c1-11(18(24)22-14-5-8-16(20)17(9-14)23(26)27)29-19(25)12(2)28-15-6-3-13(10-21)4-7-15/h3-9,11-12H,1-2H3,(H,22,24)/t11-,12+/m0/s1. The monoisotopic (exact) mass is 401 g/mol. The van der Waals surface area contributed by atoms with Crippen LogP contribution in [0.15, 0.2) is 42.5 Å². The molecule has 0 radical (unpaired) electrons. The molecule has 9 nitrogen and oxygen atoms in total. The number of esters is 1. The van der Waals surface area contributed by atoms with Gasteiger partial charge in [-0.15, -0.1) is 0 Å². The number of nitro groups is 1. The van der Waals surface area contributed by atoms with E-state index in [0.29, 0.717) is 11.3 Å². The third-order valence-electron chi connectivity index (χ3n) is 3.70. The Hall–Kier alpha value is -4.00. The van der Waals surface area contributed by atoms with Crippen LogP contribution in [0.3, 0.4) is 0 Å². The number of anilines is 1. The molecular formula is C19H16FN3O6. The van der Waals surface area contributed by atoms with E-state index in [9.17, 15) is 24.1 Å². The Morgan fingerprint density at radius 2 is 1.83 bits per heavy atom. The predicted octanol–water partition coefficient (Wildman–Crippen LogP) is 2.94. The van der Waals surface area contributed by atoms with Crippen molar-refractivity contribution in [3.63, 3.8) is 0 Å². The van der Waals surface area contributed by atoms with Gasteiger partial charge in [0.2, 0.25) is 5.82 Å². The van der Waals surface area contributed by atoms with E-state index >= 15 is 0 Å². The van der Waals surface area contributed by atoms with Crippen LogP contribution in [0.5, 0.6) is 5.75 Å². The fraction of sp³-hybridized carbons (Fsp3) is 0.211. The maximum atomic E-state index is 13.3. The van der Waals surface area contributed by atoms with Crippen LogP contribution in [-0.4, -0.2) is 29.0 Å². The molecule has 0 aromatic heterocycles. The van der Waals surface area contributed by atoms with Crippen molar-refractivity contribution in [3.05, 3.63) is 64.0 Å². The fourth-order valence-corrected chi connectivity index (χ4v) is 2.16. The number of ether oxygens (including phenoxy) is 2. The summed E-state index contributed by atoms with van der Waals surface area (Å²) in [5.41, 5.74) is -0.385. The zero-order valence-corrected chi connectivity index (χ0v) is 15.4. The first-order valence-electron chi connectivity index (χ1n) is 8.33. The summed E-state index contributed by atoms with van der Waals surface area (Å²) in [7, 11) is 0. The van der Waals surface area contributed by atoms with Gasteiger partial charge < -0.3 is 14.8 Å². The normalized spacial score (nSPS) is 12.2. The van der Waals surface area contributed by atoms with Gasteiger partial charge in [-0.05, 0) is 50.2 Å². The summed E-state index contributed by atoms with van der Waals surface area (Å²) in [6.45, 7) is 2.73. The molecule has 10 heteroatoms. The highest BCUT2D eigenvalue weighted by atomic mass is 19.1. The van der Waals surface area contributed by atoms with Crippen molar-refractivity contribution in [2.45, 2.75) is 26.1 Å². The number of hydrogen-bond acceptors (Lipinski definition) is 7. The molecule has 2 aromatic carbocycles. The molecule has 0 heterocycles. The lowest BCUT2D eigenvalue weighted by Gasteiger charge is -2.17. The molecule has 2 aromatic rings. The number of nitrogens with one attached hydrogen (secondary N) is 1. The average Bonchev–Trinajstić information content (AvgIpc) is 2.69. The summed E-state index contributed by atoms with van der Waals surface area (Å²) in [5.74, 6) is -2.28. The molecule has 2 atom stereocenters. The molecule has 1 amide bonds. The van der Waals surface area contributed by atoms with Crippen molar-refractivity contribution in [3.8, 4) is 11.8 Å². The number of carbonyl (C=O) groups excluding carboxylic acids is 2. The van der Waals surface area contributed by atoms with Crippen LogP contribution in [0.2, 0.25) is 0 Å². The SMILES string of the molecule is C[C@H](OC(=O)[C@@H](C)Oc1ccc(C#N)cc1)C(=O)Nc1ccc(F)c([N+](=O)[O-])c1. The molecule has 0 saturated carbocycles. The average molecular weight is 401 g/mol. The molecule has 0 aliphatic rings. The van der Waals surface area contributed by atoms with Gasteiger partial charge in [0.05, 0.1) is 16.6 Å². The van der Waals surface area contributed by atoms with Crippen LogP contribution in [0.25, 0.3) is 0 Å². The number of benzene rings is 2. The lowest BCUT2D eigenvalue weighted by atomic mass is 10.2. The quantitative estimate of drug-likeness (QED) is 0.428. The lowest BCUT2D eigenvalue weighted by molar-refractivity contribution is -0.387. The minimum atomic E-state index is -1.24. The van der Waals surface area contributed by atoms with Gasteiger partial charge in [0.25, 0.3) is 5.91 Å². The second kappa shape index (κ2) is 9.27. The maximum absolute atomic E-state index is 13.3. The number of nitriles is 1. The Morgan fingerprint density at radius 1 is 1.17 bits per heavy atom. The largest absolute Gasteiger partial charge is 0.479 e. The topological polar surface area (TPSA) is 132 Å². The van der Waals surface area contributed by atoms with E-state index in [-0.39, 0.29) is 5.69 Å². The Labute approximate surface area is 164 Å². The first-order chi connectivity index (χ1) is 13.7. The van der Waals surface area contributed by atoms with Crippen LogP contribution in [0, 0.1) is 27.3 Å². The number of carbonyl (C=O) groups is 2. The fourth-order valence-electron chi connectivity index (χ4n) is 2.16. The minimum Gasteiger partial charge on any atom is -0.479 e. The second-order valence-corrected chi connectivity index (χ2v) is 5.89. The Kier molecular flexibility index (Phi) is 6.81. The van der Waals surface area contributed by atoms with Crippen LogP contribution in [0.4, 0.5) is 15.8 Å². The van der Waals surface area contributed by atoms with Crippen molar-refractivity contribution >= 4 is 23.3 Å². The summed E-state index contributed by atoms with van der Waals surface area (Å²) >= 11 is 0. The highest BCUT2D eigenvalue weighted by Gasteiger charge is 2.24. The van der Waals surface area contributed by atoms with Gasteiger partial charge in [0.1, 0.15) is 5.75 Å². The predicted molar refractivity (Wildman–Crippen MR) is 98.5 cm³/mol. The highest BCUT2D eigenvalue weighted by molar-refractivity contribution is 5.95. The summed E-state index contributed by atoms with van der Waals surface area (Å²) < 4.78 is 23.8. The molecule has 0 aliphatic carbocycles. The van der Waals surface area contributed by atoms with Crippen LogP contribution >= 0.6 is 0 Å². The van der Waals surface area contributed by atoms with Crippen molar-refractivity contribution in [2.24, 2.45) is 0 Å². The van der Waals surface area contributed by atoms with E-state index in [2.05, 4.69) is 5.32 Å². The Morgan fingerprint density at radius 3 is 2.41 bits per heavy atom. The van der Waals surface area contributed by atoms with Crippen LogP contribution in [0.1, 0.15) is 19.4 Å². The third-order valence-corrected chi connectivity index (χ3v) is 3.70. The molecule has 1 N–H and O–H groups in total. The van der Waals surface area contributed by atoms with E-state index in [0.717, 1.165) is 18.2 Å². The smallest absolute Gasteiger partial charge is 0.347 e. The molecule has 29 heavy (non-hydrogen) atoms. The van der Waals surface area contributed by atoms with Crippen molar-refractivity contribution < 1.29 is 28.4 Å². The van der Waals surface area contributed by atoms with Crippen LogP contribution < -0.4 is 10.1 Å². The Balaban J connectivity index is 1.94. The number of nitro benzene ring substituents is 1. The van der Waals surface area contributed by atoms with Gasteiger partial charge in [0.15, 0.2) is 12.2 Å². The molecule has 0 aliphatic heterocycles. The van der Waals surface area contributed by atoms with Crippen LogP contribution in [-0.2, 0) is 14.3 Å². The van der Waals surface area contributed by atoms with Gasteiger partial charge >= 0.3 is 11.7 Å². The Bertz CT molecular complexity index is 971. The summed E-state index contributed by atoms with van der Waals surface area (Å²) in [5, 5.41) is 21.8. The van der Waals surface area contributed by atoms with Crippen molar-refractivity contribution in [2.75, 3.05) is 5.32 Å². The molecule has 0 unspecified atom stereocenters. The van der Waals surface area contributed by atoms with E-state index in [1.54, 1.807) is 0 Å². The molecule has 0 fully saturated rings. The maximum Gasteiger partial charge on any atom is 0.347 e. The molecule has 0 saturated heterocycles. The zero-order valence-electron chi connectivity index (χ0n) is 15.4. The minimum absolute atomic E-state index is 0.0205. The number of rotatable bonds is 7. The van der Waals surface area contributed by atoms with E-state index < -0.39 is 40.5 Å². The second-order valence-electron chi connectivity index (χ2n) is 5.89. The third kappa shape index (κ3) is 5.74. The molecular weight excluding hydrogens is 385 g/mol. The summed E-state index contributed by atoms with van der Waals surface area (Å²) in [4.78, 5) is 34.1. The molecule has 0 bridgehead atoms. The summed E-state index contributed by atoms with van der Waals surface area (Å²) in [6.07, 6.45) is -2.27. The first kappa shape index (κ1) is 21.3. The highest BCUT2D eigenvalue weighted by Crippen LogP contribution is 2.22. The molecule has 2 rings (SSSR count). The van der Waals surface area contributed by atoms with Gasteiger partial charge in [-0.2, -0.15) is 9.65 Å². The van der Waals surface area contributed by atoms with E-state index in [1.807, 2.05) is 6.07 Å². The number of halogens is 1. The van der Waals surface area contributed by atoms with Crippen molar-refractivity contribution in [1.29, 1.82) is 5.26 Å². The van der Waals surface area contributed by atoms with E-state index in [1.165, 1.54) is 38.1 Å². The van der Waals surface area contributed by atoms with Gasteiger partial charge in [0, 0.05) is 11.8 Å². The van der Waals surface area contributed by atoms with Gasteiger partial charge in [-0.3, -0.25) is 14.9 Å². The van der Waals surface area contributed by atoms with Gasteiger partial charge in [-0.25, -0.2) is 4.79 Å². The van der Waals surface area contributed by atoms with Crippen molar-refractivity contribution in [1.82, 2.24) is 0 Å². The molecule has 0 spiro atoms. The zero-order chi connectivity index (χ0) is 21.6.